The van der Waals surface area contributed by atoms with Crippen molar-refractivity contribution in [3.63, 3.8) is 0 Å². The van der Waals surface area contributed by atoms with Gasteiger partial charge in [0.2, 0.25) is 0 Å². The van der Waals surface area contributed by atoms with Crippen molar-refractivity contribution in [2.45, 2.75) is 0 Å². The Balaban J connectivity index is 2.32. The Bertz CT molecular complexity index is 319. The number of ether oxygens (including phenoxy) is 1. The van der Waals surface area contributed by atoms with E-state index in [0.29, 0.717) is 26.3 Å². The molecule has 3 nitrogen and oxygen atoms in total. The Morgan fingerprint density at radius 2 is 1.86 bits per heavy atom. The lowest BCUT2D eigenvalue weighted by Gasteiger charge is -2.45. The van der Waals surface area contributed by atoms with Crippen molar-refractivity contribution in [1.82, 2.24) is 4.65 Å². The van der Waals surface area contributed by atoms with E-state index in [1.54, 1.807) is 0 Å². The maximum atomic E-state index is 12.4. The minimum atomic E-state index is -0.292. The normalized spacial score (nSPS) is 20.7. The molecule has 0 atom stereocenters. The first kappa shape index (κ1) is 9.65. The second-order valence-corrected chi connectivity index (χ2v) is 3.58. The summed E-state index contributed by atoms with van der Waals surface area (Å²) in [6.07, 6.45) is 0. The number of quaternary nitrogens is 1. The van der Waals surface area contributed by atoms with Crippen LogP contribution in [-0.4, -0.2) is 26.3 Å². The van der Waals surface area contributed by atoms with Crippen molar-refractivity contribution < 1.29 is 4.74 Å². The highest BCUT2D eigenvalue weighted by Crippen LogP contribution is 2.26. The van der Waals surface area contributed by atoms with Gasteiger partial charge in [-0.15, -0.1) is 0 Å². The van der Waals surface area contributed by atoms with Crippen LogP contribution in [0.4, 0.5) is 5.69 Å². The smallest absolute Gasteiger partial charge is 0.136 e. The van der Waals surface area contributed by atoms with Gasteiger partial charge < -0.3 is 14.6 Å². The number of hydrogen-bond acceptors (Lipinski definition) is 2. The summed E-state index contributed by atoms with van der Waals surface area (Å²) in [5, 5.41) is 12.4. The third-order valence-corrected chi connectivity index (χ3v) is 2.62. The lowest BCUT2D eigenvalue weighted by molar-refractivity contribution is 0.0614. The lowest BCUT2D eigenvalue weighted by Crippen LogP contribution is -2.51. The summed E-state index contributed by atoms with van der Waals surface area (Å²) < 4.78 is 4.90. The lowest BCUT2D eigenvalue weighted by atomic mass is 10.1. The molecule has 14 heavy (non-hydrogen) atoms. The Morgan fingerprint density at radius 1 is 1.21 bits per heavy atom. The maximum absolute atomic E-state index is 12.4. The fraction of sp³-hybridized carbons (Fsp3) is 0.364. The van der Waals surface area contributed by atoms with Gasteiger partial charge in [-0.05, 0) is 13.0 Å². The number of benzene rings is 1. The van der Waals surface area contributed by atoms with Crippen LogP contribution in [0.3, 0.4) is 0 Å². The van der Waals surface area contributed by atoms with Crippen LogP contribution in [0.1, 0.15) is 5.56 Å². The van der Waals surface area contributed by atoms with Crippen molar-refractivity contribution in [2.24, 2.45) is 0 Å². The highest BCUT2D eigenvalue weighted by molar-refractivity contribution is 5.52. The zero-order valence-electron chi connectivity index (χ0n) is 8.11. The van der Waals surface area contributed by atoms with Crippen molar-refractivity contribution in [3.05, 3.63) is 42.0 Å². The molecule has 1 aromatic rings. The topological polar surface area (TPSA) is 32.3 Å². The first-order valence-electron chi connectivity index (χ1n) is 4.80. The molecular weight excluding hydrogens is 178 g/mol. The minimum Gasteiger partial charge on any atom is -0.627 e. The predicted molar refractivity (Wildman–Crippen MR) is 56.6 cm³/mol. The van der Waals surface area contributed by atoms with Crippen molar-refractivity contribution >= 4 is 5.69 Å². The highest BCUT2D eigenvalue weighted by atomic mass is 16.6. The van der Waals surface area contributed by atoms with E-state index < -0.39 is 0 Å². The van der Waals surface area contributed by atoms with Gasteiger partial charge in [-0.3, -0.25) is 0 Å². The first-order chi connectivity index (χ1) is 6.72. The number of para-hydroxylation sites is 1. The summed E-state index contributed by atoms with van der Waals surface area (Å²) in [5.74, 6) is 0. The molecule has 0 bridgehead atoms. The molecule has 0 saturated carbocycles. The second-order valence-electron chi connectivity index (χ2n) is 3.58. The SMILES string of the molecule is [CH2]c1ccccc1[N+]1([O-])CCOCC1. The van der Waals surface area contributed by atoms with E-state index in [0.717, 1.165) is 11.3 Å². The highest BCUT2D eigenvalue weighted by Gasteiger charge is 2.25. The monoisotopic (exact) mass is 192 g/mol. The van der Waals surface area contributed by atoms with Gasteiger partial charge in [0.1, 0.15) is 18.8 Å². The average Bonchev–Trinajstić information content (AvgIpc) is 2.19. The third kappa shape index (κ3) is 1.66. The van der Waals surface area contributed by atoms with Gasteiger partial charge in [0.15, 0.2) is 0 Å². The zero-order chi connectivity index (χ0) is 10.0. The molecule has 2 rings (SSSR count). The molecule has 0 amide bonds. The molecule has 0 N–H and O–H groups in total. The van der Waals surface area contributed by atoms with E-state index in [1.165, 1.54) is 0 Å². The fourth-order valence-corrected chi connectivity index (χ4v) is 1.79. The van der Waals surface area contributed by atoms with Crippen molar-refractivity contribution in [1.29, 1.82) is 0 Å². The number of nitrogens with zero attached hydrogens (tertiary/aromatic N) is 1. The third-order valence-electron chi connectivity index (χ3n) is 2.62. The molecule has 1 radical (unpaired) electrons. The molecule has 1 heterocycles. The molecule has 1 saturated heterocycles. The zero-order valence-corrected chi connectivity index (χ0v) is 8.11. The van der Waals surface area contributed by atoms with Crippen molar-refractivity contribution in [2.75, 3.05) is 26.3 Å². The van der Waals surface area contributed by atoms with Crippen LogP contribution in [-0.2, 0) is 4.74 Å². The molecule has 3 heteroatoms. The number of hydrogen-bond donors (Lipinski definition) is 0. The van der Waals surface area contributed by atoms with Gasteiger partial charge >= 0.3 is 0 Å². The van der Waals surface area contributed by atoms with Gasteiger partial charge in [0.25, 0.3) is 0 Å². The van der Waals surface area contributed by atoms with Gasteiger partial charge in [-0.2, -0.15) is 0 Å². The molecule has 0 aromatic heterocycles. The van der Waals surface area contributed by atoms with Gasteiger partial charge in [0, 0.05) is 5.56 Å². The molecule has 0 spiro atoms. The summed E-state index contributed by atoms with van der Waals surface area (Å²) in [7, 11) is 0. The molecule has 1 aliphatic rings. The molecule has 0 aliphatic carbocycles. The average molecular weight is 192 g/mol. The Labute approximate surface area is 84.1 Å². The van der Waals surface area contributed by atoms with E-state index in [4.69, 9.17) is 4.74 Å². The number of morpholine rings is 1. The van der Waals surface area contributed by atoms with Gasteiger partial charge in [-0.25, -0.2) is 0 Å². The number of rotatable bonds is 1. The second kappa shape index (κ2) is 3.69. The summed E-state index contributed by atoms with van der Waals surface area (Å²) in [6, 6.07) is 7.53. The van der Waals surface area contributed by atoms with Gasteiger partial charge in [-0.1, -0.05) is 18.2 Å². The fourth-order valence-electron chi connectivity index (χ4n) is 1.79. The predicted octanol–water partition coefficient (Wildman–Crippen LogP) is 1.70. The molecule has 75 valence electrons. The first-order valence-corrected chi connectivity index (χ1v) is 4.80. The Kier molecular flexibility index (Phi) is 2.54. The van der Waals surface area contributed by atoms with Crippen molar-refractivity contribution in [3.8, 4) is 0 Å². The summed E-state index contributed by atoms with van der Waals surface area (Å²) >= 11 is 0. The standard InChI is InChI=1S/C11H14NO2/c1-10-4-2-3-5-11(10)12(13)6-8-14-9-7-12/h2-5H,1,6-9H2. The Morgan fingerprint density at radius 3 is 2.50 bits per heavy atom. The summed E-state index contributed by atoms with van der Waals surface area (Å²) in [5.41, 5.74) is 1.60. The summed E-state index contributed by atoms with van der Waals surface area (Å²) in [6.45, 7) is 5.95. The van der Waals surface area contributed by atoms with E-state index >= 15 is 0 Å². The van der Waals surface area contributed by atoms with Crippen LogP contribution in [0.25, 0.3) is 0 Å². The molecule has 1 aliphatic heterocycles. The van der Waals surface area contributed by atoms with E-state index in [1.807, 2.05) is 24.3 Å². The largest absolute Gasteiger partial charge is 0.627 e. The van der Waals surface area contributed by atoms with Crippen LogP contribution in [0.15, 0.2) is 24.3 Å². The summed E-state index contributed by atoms with van der Waals surface area (Å²) in [4.78, 5) is 0. The molecule has 1 fully saturated rings. The minimum absolute atomic E-state index is 0.292. The van der Waals surface area contributed by atoms with Gasteiger partial charge in [0.05, 0.1) is 13.2 Å². The van der Waals surface area contributed by atoms with E-state index in [9.17, 15) is 5.21 Å². The van der Waals surface area contributed by atoms with Crippen LogP contribution in [0.2, 0.25) is 0 Å². The van der Waals surface area contributed by atoms with E-state index in [-0.39, 0.29) is 4.65 Å². The molecule has 1 aromatic carbocycles. The van der Waals surface area contributed by atoms with Crippen LogP contribution in [0.5, 0.6) is 0 Å². The number of hydroxylamine groups is 2. The van der Waals surface area contributed by atoms with Crippen LogP contribution < -0.4 is 4.65 Å². The molecular formula is C11H14NO2. The van der Waals surface area contributed by atoms with Crippen LogP contribution in [0, 0.1) is 12.1 Å². The Hall–Kier alpha value is -0.900. The quantitative estimate of drug-likeness (QED) is 0.501. The molecule has 0 unspecified atom stereocenters. The van der Waals surface area contributed by atoms with E-state index in [2.05, 4.69) is 6.92 Å². The van der Waals surface area contributed by atoms with Crippen LogP contribution >= 0.6 is 0 Å². The maximum Gasteiger partial charge on any atom is 0.136 e.